The zero-order valence-electron chi connectivity index (χ0n) is 19.3. The Morgan fingerprint density at radius 3 is 2.38 bits per heavy atom. The summed E-state index contributed by atoms with van der Waals surface area (Å²) in [4.78, 5) is 17.0. The fourth-order valence-electron chi connectivity index (χ4n) is 3.62. The Morgan fingerprint density at radius 2 is 1.65 bits per heavy atom. The third-order valence-electron chi connectivity index (χ3n) is 5.49. The minimum Gasteiger partial charge on any atom is -0.492 e. The molecule has 3 aromatic carbocycles. The lowest BCUT2D eigenvalue weighted by Crippen LogP contribution is -2.29. The largest absolute Gasteiger partial charge is 0.492 e. The molecule has 0 atom stereocenters. The molecule has 1 N–H and O–H groups in total. The number of nitrogens with one attached hydrogen (secondary N) is 1. The highest BCUT2D eigenvalue weighted by Crippen LogP contribution is 2.20. The lowest BCUT2D eigenvalue weighted by molar-refractivity contribution is -0.123. The summed E-state index contributed by atoms with van der Waals surface area (Å²) in [5, 5.41) is 3.51. The van der Waals surface area contributed by atoms with Crippen LogP contribution in [0.5, 0.6) is 11.5 Å². The lowest BCUT2D eigenvalue weighted by atomic mass is 10.0. The Bertz CT molecular complexity index is 1230. The smallest absolute Gasteiger partial charge is 0.258 e. The number of carbonyl (C=O) groups is 1. The van der Waals surface area contributed by atoms with Crippen LogP contribution in [0.3, 0.4) is 0 Å². The van der Waals surface area contributed by atoms with Crippen LogP contribution in [0.1, 0.15) is 31.2 Å². The molecule has 0 fully saturated rings. The van der Waals surface area contributed by atoms with Crippen LogP contribution >= 0.6 is 11.6 Å². The van der Waals surface area contributed by atoms with E-state index in [1.807, 2.05) is 36.4 Å². The van der Waals surface area contributed by atoms with E-state index in [2.05, 4.69) is 35.9 Å². The van der Waals surface area contributed by atoms with Crippen LogP contribution in [0.25, 0.3) is 11.0 Å². The number of ether oxygens (including phenoxy) is 2. The number of carbonyl (C=O) groups excluding carboxylic acids is 1. The van der Waals surface area contributed by atoms with E-state index >= 15 is 0 Å². The predicted octanol–water partition coefficient (Wildman–Crippen LogP) is 5.59. The molecular weight excluding hydrogens is 450 g/mol. The number of hydrogen-bond donors (Lipinski definition) is 1. The van der Waals surface area contributed by atoms with Crippen molar-refractivity contribution in [1.29, 1.82) is 0 Å². The molecule has 7 heteroatoms. The summed E-state index contributed by atoms with van der Waals surface area (Å²) >= 11 is 5.88. The average molecular weight is 478 g/mol. The van der Waals surface area contributed by atoms with Gasteiger partial charge in [0.05, 0.1) is 24.1 Å². The molecule has 176 valence electrons. The molecule has 1 heterocycles. The summed E-state index contributed by atoms with van der Waals surface area (Å²) in [6.07, 6.45) is 0. The van der Waals surface area contributed by atoms with Gasteiger partial charge in [0.2, 0.25) is 0 Å². The first-order valence-corrected chi connectivity index (χ1v) is 11.7. The normalized spacial score (nSPS) is 11.1. The number of benzene rings is 3. The van der Waals surface area contributed by atoms with Crippen molar-refractivity contribution < 1.29 is 14.3 Å². The monoisotopic (exact) mass is 477 g/mol. The molecule has 0 bridgehead atoms. The average Bonchev–Trinajstić information content (AvgIpc) is 3.20. The molecule has 6 nitrogen and oxygen atoms in total. The fraction of sp³-hybridized carbons (Fsp3) is 0.259. The van der Waals surface area contributed by atoms with Gasteiger partial charge in [0, 0.05) is 5.02 Å². The van der Waals surface area contributed by atoms with E-state index < -0.39 is 0 Å². The molecule has 0 unspecified atom stereocenters. The Hall–Kier alpha value is -3.51. The van der Waals surface area contributed by atoms with Crippen LogP contribution in [0, 0.1) is 0 Å². The van der Waals surface area contributed by atoms with Crippen molar-refractivity contribution >= 4 is 28.5 Å². The standard InChI is InChI=1S/C27H28ClN3O3/c1-19(2)20-7-11-22(12-8-20)33-16-15-31-25-6-4-3-5-24(25)30-26(31)17-29-27(32)18-34-23-13-9-21(28)10-14-23/h3-14,19H,15-18H2,1-2H3,(H,29,32). The summed E-state index contributed by atoms with van der Waals surface area (Å²) in [6, 6.07) is 23.0. The van der Waals surface area contributed by atoms with Gasteiger partial charge in [0.1, 0.15) is 23.9 Å². The second-order valence-corrected chi connectivity index (χ2v) is 8.70. The van der Waals surface area contributed by atoms with Gasteiger partial charge in [-0.05, 0) is 60.0 Å². The number of rotatable bonds is 10. The van der Waals surface area contributed by atoms with Crippen LogP contribution < -0.4 is 14.8 Å². The number of para-hydroxylation sites is 2. The molecule has 0 saturated carbocycles. The molecule has 0 aliphatic heterocycles. The van der Waals surface area contributed by atoms with E-state index in [1.165, 1.54) is 5.56 Å². The zero-order valence-corrected chi connectivity index (χ0v) is 20.1. The summed E-state index contributed by atoms with van der Waals surface area (Å²) in [5.41, 5.74) is 3.17. The predicted molar refractivity (Wildman–Crippen MR) is 135 cm³/mol. The molecule has 0 spiro atoms. The number of hydrogen-bond acceptors (Lipinski definition) is 4. The van der Waals surface area contributed by atoms with Gasteiger partial charge in [-0.25, -0.2) is 4.98 Å². The summed E-state index contributed by atoms with van der Waals surface area (Å²) in [7, 11) is 0. The highest BCUT2D eigenvalue weighted by molar-refractivity contribution is 6.30. The highest BCUT2D eigenvalue weighted by Gasteiger charge is 2.12. The Kier molecular flexibility index (Phi) is 7.70. The lowest BCUT2D eigenvalue weighted by Gasteiger charge is -2.12. The number of amides is 1. The number of fused-ring (bicyclic) bond motifs is 1. The van der Waals surface area contributed by atoms with E-state index in [-0.39, 0.29) is 12.5 Å². The van der Waals surface area contributed by atoms with Gasteiger partial charge in [-0.15, -0.1) is 0 Å². The maximum absolute atomic E-state index is 12.3. The Labute approximate surface area is 204 Å². The number of imidazole rings is 1. The summed E-state index contributed by atoms with van der Waals surface area (Å²) in [6.45, 7) is 5.65. The van der Waals surface area contributed by atoms with Gasteiger partial charge in [0.15, 0.2) is 6.61 Å². The van der Waals surface area contributed by atoms with Crippen molar-refractivity contribution in [2.24, 2.45) is 0 Å². The number of aromatic nitrogens is 2. The van der Waals surface area contributed by atoms with Crippen molar-refractivity contribution in [1.82, 2.24) is 14.9 Å². The molecule has 0 radical (unpaired) electrons. The number of nitrogens with zero attached hydrogens (tertiary/aromatic N) is 2. The van der Waals surface area contributed by atoms with E-state index in [4.69, 9.17) is 26.1 Å². The van der Waals surface area contributed by atoms with E-state index in [1.54, 1.807) is 24.3 Å². The molecule has 0 aliphatic carbocycles. The van der Waals surface area contributed by atoms with Crippen LogP contribution in [-0.4, -0.2) is 28.7 Å². The third-order valence-corrected chi connectivity index (χ3v) is 5.74. The molecule has 1 aromatic heterocycles. The molecule has 0 aliphatic rings. The first kappa shape index (κ1) is 23.6. The van der Waals surface area contributed by atoms with Gasteiger partial charge < -0.3 is 19.4 Å². The first-order chi connectivity index (χ1) is 16.5. The van der Waals surface area contributed by atoms with Crippen molar-refractivity contribution in [3.05, 3.63) is 89.2 Å². The maximum atomic E-state index is 12.3. The van der Waals surface area contributed by atoms with Gasteiger partial charge in [-0.2, -0.15) is 0 Å². The molecule has 4 rings (SSSR count). The van der Waals surface area contributed by atoms with Gasteiger partial charge in [-0.1, -0.05) is 49.7 Å². The summed E-state index contributed by atoms with van der Waals surface area (Å²) in [5.74, 6) is 2.45. The van der Waals surface area contributed by atoms with Crippen molar-refractivity contribution in [2.45, 2.75) is 32.9 Å². The van der Waals surface area contributed by atoms with E-state index in [0.717, 1.165) is 22.6 Å². The summed E-state index contributed by atoms with van der Waals surface area (Å²) < 4.78 is 13.6. The van der Waals surface area contributed by atoms with Gasteiger partial charge in [0.25, 0.3) is 5.91 Å². The van der Waals surface area contributed by atoms with E-state index in [0.29, 0.717) is 36.4 Å². The molecule has 34 heavy (non-hydrogen) atoms. The Morgan fingerprint density at radius 1 is 0.971 bits per heavy atom. The zero-order chi connectivity index (χ0) is 23.9. The van der Waals surface area contributed by atoms with Crippen molar-refractivity contribution in [2.75, 3.05) is 13.2 Å². The van der Waals surface area contributed by atoms with Gasteiger partial charge >= 0.3 is 0 Å². The first-order valence-electron chi connectivity index (χ1n) is 11.3. The van der Waals surface area contributed by atoms with Crippen molar-refractivity contribution in [3.63, 3.8) is 0 Å². The molecule has 1 amide bonds. The Balaban J connectivity index is 1.36. The van der Waals surface area contributed by atoms with E-state index in [9.17, 15) is 4.79 Å². The molecule has 4 aromatic rings. The topological polar surface area (TPSA) is 65.4 Å². The minimum absolute atomic E-state index is 0.0860. The van der Waals surface area contributed by atoms with Crippen molar-refractivity contribution in [3.8, 4) is 11.5 Å². The quantitative estimate of drug-likeness (QED) is 0.323. The van der Waals surface area contributed by atoms with Crippen LogP contribution in [-0.2, 0) is 17.9 Å². The highest BCUT2D eigenvalue weighted by atomic mass is 35.5. The van der Waals surface area contributed by atoms with Crippen LogP contribution in [0.2, 0.25) is 5.02 Å². The second kappa shape index (κ2) is 11.1. The third kappa shape index (κ3) is 6.08. The second-order valence-electron chi connectivity index (χ2n) is 8.26. The van der Waals surface area contributed by atoms with Crippen LogP contribution in [0.15, 0.2) is 72.8 Å². The maximum Gasteiger partial charge on any atom is 0.258 e. The molecular formula is C27H28ClN3O3. The SMILES string of the molecule is CC(C)c1ccc(OCCn2c(CNC(=O)COc3ccc(Cl)cc3)nc3ccccc32)cc1. The fourth-order valence-corrected chi connectivity index (χ4v) is 3.75. The molecule has 0 saturated heterocycles. The number of halogens is 1. The minimum atomic E-state index is -0.227. The van der Waals surface area contributed by atoms with Gasteiger partial charge in [-0.3, -0.25) is 4.79 Å². The van der Waals surface area contributed by atoms with Crippen LogP contribution in [0.4, 0.5) is 0 Å².